The number of ether oxygens (including phenoxy) is 1. The molecule has 0 aliphatic rings. The summed E-state index contributed by atoms with van der Waals surface area (Å²) in [5, 5.41) is 0. The molecule has 0 heterocycles. The predicted octanol–water partition coefficient (Wildman–Crippen LogP) is 4.75. The summed E-state index contributed by atoms with van der Waals surface area (Å²) in [6.45, 7) is 6.48. The van der Waals surface area contributed by atoms with Gasteiger partial charge in [-0.3, -0.25) is 0 Å². The smallest absolute Gasteiger partial charge is 0.123 e. The highest BCUT2D eigenvalue weighted by atomic mass is 127. The molecule has 0 bridgehead atoms. The Bertz CT molecular complexity index is 323. The zero-order valence-corrected chi connectivity index (χ0v) is 12.8. The second kappa shape index (κ2) is 7.31. The number of hydrogen-bond acceptors (Lipinski definition) is 1. The fraction of sp³-hybridized carbons (Fsp3) is 0.571. The molecule has 2 atom stereocenters. The van der Waals surface area contributed by atoms with Crippen LogP contribution < -0.4 is 0 Å². The topological polar surface area (TPSA) is 9.23 Å². The zero-order valence-electron chi connectivity index (χ0n) is 10.6. The Hall–Kier alpha value is -0.160. The third kappa shape index (κ3) is 5.34. The van der Waals surface area contributed by atoms with E-state index >= 15 is 0 Å². The van der Waals surface area contributed by atoms with E-state index in [2.05, 4.69) is 43.4 Å². The van der Waals surface area contributed by atoms with Gasteiger partial charge in [0.1, 0.15) is 5.82 Å². The highest BCUT2D eigenvalue weighted by Crippen LogP contribution is 2.24. The van der Waals surface area contributed by atoms with Crippen LogP contribution in [-0.2, 0) is 4.74 Å². The van der Waals surface area contributed by atoms with Crippen LogP contribution in [0.2, 0.25) is 0 Å². The molecule has 0 aliphatic carbocycles. The van der Waals surface area contributed by atoms with Crippen LogP contribution in [0.5, 0.6) is 0 Å². The molecule has 0 aromatic heterocycles. The second-order valence-electron chi connectivity index (χ2n) is 4.77. The summed E-state index contributed by atoms with van der Waals surface area (Å²) in [5.74, 6) is 0.435. The standard InChI is InChI=1S/C14H20FIO/c1-10(2)8-11(3)17-14(9-16)12-4-6-13(15)7-5-12/h4-7,10-11,14H,8-9H2,1-3H3. The van der Waals surface area contributed by atoms with Crippen molar-refractivity contribution in [3.05, 3.63) is 35.6 Å². The molecular weight excluding hydrogens is 330 g/mol. The van der Waals surface area contributed by atoms with Crippen LogP contribution in [0.1, 0.15) is 38.9 Å². The van der Waals surface area contributed by atoms with E-state index in [0.29, 0.717) is 5.92 Å². The number of rotatable bonds is 6. The lowest BCUT2D eigenvalue weighted by atomic mass is 10.1. The Kier molecular flexibility index (Phi) is 6.41. The van der Waals surface area contributed by atoms with Crippen LogP contribution in [0.15, 0.2) is 24.3 Å². The Labute approximate surface area is 117 Å². The highest BCUT2D eigenvalue weighted by Gasteiger charge is 2.15. The zero-order chi connectivity index (χ0) is 12.8. The average molecular weight is 350 g/mol. The summed E-state index contributed by atoms with van der Waals surface area (Å²) in [7, 11) is 0. The number of hydrogen-bond donors (Lipinski definition) is 0. The quantitative estimate of drug-likeness (QED) is 0.531. The van der Waals surface area contributed by atoms with Crippen LogP contribution >= 0.6 is 22.6 Å². The molecule has 1 aromatic carbocycles. The first kappa shape index (κ1) is 14.9. The van der Waals surface area contributed by atoms with Crippen molar-refractivity contribution in [2.75, 3.05) is 4.43 Å². The van der Waals surface area contributed by atoms with Crippen molar-refractivity contribution in [2.45, 2.75) is 39.4 Å². The van der Waals surface area contributed by atoms with Crippen LogP contribution in [0.4, 0.5) is 4.39 Å². The van der Waals surface area contributed by atoms with Crippen molar-refractivity contribution in [1.82, 2.24) is 0 Å². The molecule has 0 N–H and O–H groups in total. The number of benzene rings is 1. The summed E-state index contributed by atoms with van der Waals surface area (Å²) in [6, 6.07) is 6.59. The maximum Gasteiger partial charge on any atom is 0.123 e. The largest absolute Gasteiger partial charge is 0.370 e. The molecule has 1 nitrogen and oxygen atoms in total. The Balaban J connectivity index is 2.62. The second-order valence-corrected chi connectivity index (χ2v) is 5.65. The Morgan fingerprint density at radius 2 is 1.76 bits per heavy atom. The van der Waals surface area contributed by atoms with E-state index in [1.165, 1.54) is 12.1 Å². The van der Waals surface area contributed by atoms with Gasteiger partial charge in [0.05, 0.1) is 12.2 Å². The summed E-state index contributed by atoms with van der Waals surface area (Å²) in [6.07, 6.45) is 1.35. The lowest BCUT2D eigenvalue weighted by Gasteiger charge is -2.22. The van der Waals surface area contributed by atoms with Gasteiger partial charge in [-0.05, 0) is 37.0 Å². The van der Waals surface area contributed by atoms with E-state index in [9.17, 15) is 4.39 Å². The van der Waals surface area contributed by atoms with Gasteiger partial charge in [0.2, 0.25) is 0 Å². The molecule has 2 unspecified atom stereocenters. The van der Waals surface area contributed by atoms with Gasteiger partial charge in [0.15, 0.2) is 0 Å². The highest BCUT2D eigenvalue weighted by molar-refractivity contribution is 14.1. The molecule has 0 saturated carbocycles. The first-order valence-corrected chi connectivity index (χ1v) is 7.52. The van der Waals surface area contributed by atoms with E-state index in [1.54, 1.807) is 12.1 Å². The summed E-state index contributed by atoms with van der Waals surface area (Å²) < 4.78 is 19.7. The maximum atomic E-state index is 12.8. The summed E-state index contributed by atoms with van der Waals surface area (Å²) >= 11 is 2.31. The molecule has 0 radical (unpaired) electrons. The molecule has 0 fully saturated rings. The third-order valence-corrected chi connectivity index (χ3v) is 3.38. The molecule has 0 amide bonds. The van der Waals surface area contributed by atoms with Crippen LogP contribution in [0, 0.1) is 11.7 Å². The Morgan fingerprint density at radius 1 is 1.18 bits per heavy atom. The van der Waals surface area contributed by atoms with E-state index in [1.807, 2.05) is 0 Å². The SMILES string of the molecule is CC(C)CC(C)OC(CI)c1ccc(F)cc1. The summed E-state index contributed by atoms with van der Waals surface area (Å²) in [4.78, 5) is 0. The van der Waals surface area contributed by atoms with Crippen LogP contribution in [0.3, 0.4) is 0 Å². The predicted molar refractivity (Wildman–Crippen MR) is 78.0 cm³/mol. The molecule has 1 rings (SSSR count). The lowest BCUT2D eigenvalue weighted by Crippen LogP contribution is -2.16. The molecule has 17 heavy (non-hydrogen) atoms. The monoisotopic (exact) mass is 350 g/mol. The number of halogens is 2. The lowest BCUT2D eigenvalue weighted by molar-refractivity contribution is 0.000850. The van der Waals surface area contributed by atoms with Gasteiger partial charge in [-0.25, -0.2) is 4.39 Å². The van der Waals surface area contributed by atoms with Gasteiger partial charge in [-0.2, -0.15) is 0 Å². The molecule has 0 spiro atoms. The van der Waals surface area contributed by atoms with Crippen molar-refractivity contribution in [3.8, 4) is 0 Å². The summed E-state index contributed by atoms with van der Waals surface area (Å²) in [5.41, 5.74) is 1.05. The van der Waals surface area contributed by atoms with Crippen molar-refractivity contribution in [2.24, 2.45) is 5.92 Å². The van der Waals surface area contributed by atoms with Gasteiger partial charge in [-0.1, -0.05) is 48.6 Å². The maximum absolute atomic E-state index is 12.8. The Morgan fingerprint density at radius 3 is 2.24 bits per heavy atom. The number of alkyl halides is 1. The van der Waals surface area contributed by atoms with E-state index in [4.69, 9.17) is 4.74 Å². The van der Waals surface area contributed by atoms with Gasteiger partial charge in [0, 0.05) is 4.43 Å². The van der Waals surface area contributed by atoms with E-state index < -0.39 is 0 Å². The molecule has 0 saturated heterocycles. The minimum atomic E-state index is -0.198. The van der Waals surface area contributed by atoms with Crippen molar-refractivity contribution in [1.29, 1.82) is 0 Å². The fourth-order valence-corrected chi connectivity index (χ4v) is 2.60. The third-order valence-electron chi connectivity index (χ3n) is 2.58. The normalized spacial score (nSPS) is 14.9. The molecule has 1 aromatic rings. The van der Waals surface area contributed by atoms with Gasteiger partial charge < -0.3 is 4.74 Å². The van der Waals surface area contributed by atoms with Crippen molar-refractivity contribution in [3.63, 3.8) is 0 Å². The van der Waals surface area contributed by atoms with Crippen LogP contribution in [0.25, 0.3) is 0 Å². The minimum Gasteiger partial charge on any atom is -0.370 e. The van der Waals surface area contributed by atoms with Gasteiger partial charge in [-0.15, -0.1) is 0 Å². The van der Waals surface area contributed by atoms with E-state index in [0.717, 1.165) is 16.4 Å². The molecule has 96 valence electrons. The van der Waals surface area contributed by atoms with Gasteiger partial charge >= 0.3 is 0 Å². The minimum absolute atomic E-state index is 0.0601. The van der Waals surface area contributed by atoms with Crippen LogP contribution in [-0.4, -0.2) is 10.5 Å². The first-order chi connectivity index (χ1) is 8.02. The fourth-order valence-electron chi connectivity index (χ4n) is 1.88. The molecule has 0 aliphatic heterocycles. The first-order valence-electron chi connectivity index (χ1n) is 5.99. The average Bonchev–Trinajstić information content (AvgIpc) is 2.26. The van der Waals surface area contributed by atoms with E-state index in [-0.39, 0.29) is 18.0 Å². The molecule has 3 heteroatoms. The van der Waals surface area contributed by atoms with Crippen molar-refractivity contribution >= 4 is 22.6 Å². The molecular formula is C14H20FIO. The van der Waals surface area contributed by atoms with Crippen molar-refractivity contribution < 1.29 is 9.13 Å². The van der Waals surface area contributed by atoms with Gasteiger partial charge in [0.25, 0.3) is 0 Å².